The van der Waals surface area contributed by atoms with E-state index in [1.54, 1.807) is 54.7 Å². The van der Waals surface area contributed by atoms with E-state index in [-0.39, 0.29) is 17.3 Å². The molecule has 0 spiro atoms. The number of primary amides is 1. The molecule has 0 radical (unpaired) electrons. The molecule has 0 aliphatic carbocycles. The molecule has 10 nitrogen and oxygen atoms in total. The van der Waals surface area contributed by atoms with Gasteiger partial charge in [-0.05, 0) is 52.4 Å². The highest BCUT2D eigenvalue weighted by atomic mass is 35.5. The summed E-state index contributed by atoms with van der Waals surface area (Å²) >= 11 is 12.5. The molecule has 5 aromatic rings. The number of nitrogens with zero attached hydrogens (tertiary/aromatic N) is 6. The van der Waals surface area contributed by atoms with Crippen LogP contribution in [0.4, 0.5) is 0 Å². The molecular formula is C23H16Cl2N8O2. The fourth-order valence-corrected chi connectivity index (χ4v) is 4.07. The molecule has 35 heavy (non-hydrogen) atoms. The van der Waals surface area contributed by atoms with Crippen LogP contribution >= 0.6 is 23.2 Å². The van der Waals surface area contributed by atoms with Crippen molar-refractivity contribution in [1.82, 2.24) is 34.7 Å². The van der Waals surface area contributed by atoms with E-state index >= 15 is 0 Å². The first-order valence-corrected chi connectivity index (χ1v) is 11.0. The maximum absolute atomic E-state index is 12.9. The lowest BCUT2D eigenvalue weighted by Crippen LogP contribution is -2.19. The predicted molar refractivity (Wildman–Crippen MR) is 131 cm³/mol. The predicted octanol–water partition coefficient (Wildman–Crippen LogP) is 3.34. The van der Waals surface area contributed by atoms with Gasteiger partial charge in [-0.1, -0.05) is 35.3 Å². The zero-order valence-electron chi connectivity index (χ0n) is 17.9. The Morgan fingerprint density at radius 2 is 1.83 bits per heavy atom. The SMILES string of the molecule is NC(=O)c1ccc(-c2[nH]c(Cn3ccc(-c4cc(Cl)ccc4-n4cnnn4)cc3=O)nc2Cl)cc1. The van der Waals surface area contributed by atoms with Gasteiger partial charge in [-0.3, -0.25) is 9.59 Å². The lowest BCUT2D eigenvalue weighted by molar-refractivity contribution is 0.100. The summed E-state index contributed by atoms with van der Waals surface area (Å²) in [7, 11) is 0. The van der Waals surface area contributed by atoms with Crippen LogP contribution in [0.3, 0.4) is 0 Å². The van der Waals surface area contributed by atoms with Gasteiger partial charge in [0.1, 0.15) is 12.2 Å². The van der Waals surface area contributed by atoms with Crippen molar-refractivity contribution < 1.29 is 4.79 Å². The summed E-state index contributed by atoms with van der Waals surface area (Å²) in [6, 6.07) is 15.2. The van der Waals surface area contributed by atoms with Gasteiger partial charge in [-0.2, -0.15) is 4.68 Å². The summed E-state index contributed by atoms with van der Waals surface area (Å²) < 4.78 is 3.00. The van der Waals surface area contributed by atoms with Gasteiger partial charge in [-0.15, -0.1) is 5.10 Å². The number of carbonyl (C=O) groups excluding carboxylic acids is 1. The minimum atomic E-state index is -0.515. The number of benzene rings is 2. The summed E-state index contributed by atoms with van der Waals surface area (Å²) in [5.74, 6) is -0.0189. The monoisotopic (exact) mass is 506 g/mol. The van der Waals surface area contributed by atoms with Crippen molar-refractivity contribution in [3.63, 3.8) is 0 Å². The van der Waals surface area contributed by atoms with Crippen LogP contribution in [0.25, 0.3) is 28.1 Å². The molecule has 3 heterocycles. The number of halogens is 2. The third-order valence-corrected chi connectivity index (χ3v) is 5.86. The number of hydrogen-bond donors (Lipinski definition) is 2. The van der Waals surface area contributed by atoms with Gasteiger partial charge in [0, 0.05) is 34.0 Å². The number of imidazole rings is 1. The van der Waals surface area contributed by atoms with Gasteiger partial charge in [0.2, 0.25) is 5.91 Å². The zero-order valence-corrected chi connectivity index (χ0v) is 19.4. The third-order valence-electron chi connectivity index (χ3n) is 5.35. The lowest BCUT2D eigenvalue weighted by atomic mass is 10.0. The Bertz CT molecular complexity index is 1590. The Morgan fingerprint density at radius 3 is 2.51 bits per heavy atom. The molecule has 0 saturated heterocycles. The quantitative estimate of drug-likeness (QED) is 0.362. The summed E-state index contributed by atoms with van der Waals surface area (Å²) in [6.07, 6.45) is 3.13. The highest BCUT2D eigenvalue weighted by Crippen LogP contribution is 2.29. The number of pyridine rings is 1. The van der Waals surface area contributed by atoms with Crippen LogP contribution in [0.5, 0.6) is 0 Å². The molecule has 0 aliphatic heterocycles. The second-order valence-corrected chi connectivity index (χ2v) is 8.38. The summed E-state index contributed by atoms with van der Waals surface area (Å²) in [5, 5.41) is 12.0. The summed E-state index contributed by atoms with van der Waals surface area (Å²) in [6.45, 7) is 0.174. The molecule has 2 aromatic carbocycles. The molecule has 0 atom stereocenters. The van der Waals surface area contributed by atoms with Crippen molar-refractivity contribution in [1.29, 1.82) is 0 Å². The first kappa shape index (κ1) is 22.5. The number of amides is 1. The van der Waals surface area contributed by atoms with Crippen LogP contribution in [0.15, 0.2) is 71.9 Å². The topological polar surface area (TPSA) is 137 Å². The third kappa shape index (κ3) is 4.57. The van der Waals surface area contributed by atoms with E-state index in [2.05, 4.69) is 25.5 Å². The summed E-state index contributed by atoms with van der Waals surface area (Å²) in [5.41, 5.74) is 8.79. The number of nitrogens with one attached hydrogen (secondary N) is 1. The van der Waals surface area contributed by atoms with E-state index < -0.39 is 5.91 Å². The largest absolute Gasteiger partial charge is 0.366 e. The number of nitrogens with two attached hydrogens (primary N) is 1. The van der Waals surface area contributed by atoms with Gasteiger partial charge >= 0.3 is 0 Å². The van der Waals surface area contributed by atoms with Crippen LogP contribution < -0.4 is 11.3 Å². The van der Waals surface area contributed by atoms with E-state index in [9.17, 15) is 9.59 Å². The Hall–Kier alpha value is -4.28. The average Bonchev–Trinajstić information content (AvgIpc) is 3.50. The fourth-order valence-electron chi connectivity index (χ4n) is 3.64. The van der Waals surface area contributed by atoms with Crippen LogP contribution in [-0.2, 0) is 6.54 Å². The standard InChI is InChI=1S/C23H16Cl2N8O2/c24-16-5-6-18(33-12-27-30-31-33)17(10-16)15-7-8-32(20(34)9-15)11-19-28-21(22(25)29-19)13-1-3-14(4-2-13)23(26)35/h1-10,12H,11H2,(H2,26,35)(H,28,29). The first-order chi connectivity index (χ1) is 16.9. The molecular weight excluding hydrogens is 491 g/mol. The average molecular weight is 507 g/mol. The molecule has 0 bridgehead atoms. The van der Waals surface area contributed by atoms with Crippen molar-refractivity contribution in [2.45, 2.75) is 6.54 Å². The van der Waals surface area contributed by atoms with Crippen molar-refractivity contribution in [2.75, 3.05) is 0 Å². The molecule has 3 aromatic heterocycles. The van der Waals surface area contributed by atoms with Crippen LogP contribution in [-0.4, -0.2) is 40.6 Å². The van der Waals surface area contributed by atoms with E-state index in [0.717, 1.165) is 5.56 Å². The highest BCUT2D eigenvalue weighted by molar-refractivity contribution is 6.32. The Balaban J connectivity index is 1.43. The first-order valence-electron chi connectivity index (χ1n) is 10.3. The molecule has 0 saturated carbocycles. The van der Waals surface area contributed by atoms with Crippen molar-refractivity contribution in [3.8, 4) is 28.1 Å². The van der Waals surface area contributed by atoms with Crippen LogP contribution in [0.2, 0.25) is 10.2 Å². The summed E-state index contributed by atoms with van der Waals surface area (Å²) in [4.78, 5) is 31.7. The number of tetrazole rings is 1. The molecule has 0 aliphatic rings. The Kier molecular flexibility index (Phi) is 5.89. The van der Waals surface area contributed by atoms with Gasteiger partial charge in [0.15, 0.2) is 5.15 Å². The molecule has 1 amide bonds. The minimum absolute atomic E-state index is 0.174. The van der Waals surface area contributed by atoms with Gasteiger partial charge in [-0.25, -0.2) is 4.98 Å². The molecule has 5 rings (SSSR count). The zero-order chi connectivity index (χ0) is 24.5. The fraction of sp³-hybridized carbons (Fsp3) is 0.0435. The minimum Gasteiger partial charge on any atom is -0.366 e. The van der Waals surface area contributed by atoms with E-state index in [0.29, 0.717) is 38.9 Å². The Labute approximate surface area is 208 Å². The molecule has 0 unspecified atom stereocenters. The molecule has 3 N–H and O–H groups in total. The van der Waals surface area contributed by atoms with Crippen molar-refractivity contribution in [2.24, 2.45) is 5.73 Å². The molecule has 12 heteroatoms. The maximum Gasteiger partial charge on any atom is 0.251 e. The van der Waals surface area contributed by atoms with Crippen LogP contribution in [0, 0.1) is 0 Å². The normalized spacial score (nSPS) is 11.0. The smallest absolute Gasteiger partial charge is 0.251 e. The van der Waals surface area contributed by atoms with E-state index in [1.807, 2.05) is 0 Å². The lowest BCUT2D eigenvalue weighted by Gasteiger charge is -2.11. The number of aromatic amines is 1. The van der Waals surface area contributed by atoms with Gasteiger partial charge < -0.3 is 15.3 Å². The van der Waals surface area contributed by atoms with Crippen LogP contribution in [0.1, 0.15) is 16.2 Å². The highest BCUT2D eigenvalue weighted by Gasteiger charge is 2.14. The number of hydrogen-bond acceptors (Lipinski definition) is 6. The van der Waals surface area contributed by atoms with Gasteiger partial charge in [0.05, 0.1) is 17.9 Å². The van der Waals surface area contributed by atoms with E-state index in [1.165, 1.54) is 21.6 Å². The number of aromatic nitrogens is 7. The number of rotatable bonds is 6. The molecule has 0 fully saturated rings. The van der Waals surface area contributed by atoms with Crippen molar-refractivity contribution >= 4 is 29.1 Å². The second kappa shape index (κ2) is 9.16. The Morgan fingerprint density at radius 1 is 1.03 bits per heavy atom. The van der Waals surface area contributed by atoms with Gasteiger partial charge in [0.25, 0.3) is 5.56 Å². The number of carbonyl (C=O) groups is 1. The molecule has 174 valence electrons. The second-order valence-electron chi connectivity index (χ2n) is 7.59. The van der Waals surface area contributed by atoms with Crippen molar-refractivity contribution in [3.05, 3.63) is 99.0 Å². The maximum atomic E-state index is 12.9. The van der Waals surface area contributed by atoms with E-state index in [4.69, 9.17) is 28.9 Å². The number of H-pyrrole nitrogens is 1.